The molecule has 2 rings (SSSR count). The van der Waals surface area contributed by atoms with E-state index < -0.39 is 0 Å². The summed E-state index contributed by atoms with van der Waals surface area (Å²) >= 11 is 0. The fourth-order valence-electron chi connectivity index (χ4n) is 2.06. The largest absolute Gasteiger partial charge is 0.494 e. The number of nitrogens with one attached hydrogen (secondary N) is 1. The summed E-state index contributed by atoms with van der Waals surface area (Å²) in [5, 5.41) is 7.87. The lowest BCUT2D eigenvalue weighted by Crippen LogP contribution is -2.14. The number of nitrogens with zero attached hydrogens (tertiary/aromatic N) is 2. The molecule has 0 fully saturated rings. The highest BCUT2D eigenvalue weighted by atomic mass is 16.5. The molecule has 0 radical (unpaired) electrons. The zero-order valence-corrected chi connectivity index (χ0v) is 11.8. The van der Waals surface area contributed by atoms with Crippen LogP contribution in [0.1, 0.15) is 24.6 Å². The van der Waals surface area contributed by atoms with Crippen molar-refractivity contribution in [2.75, 3.05) is 13.7 Å². The SMILES string of the molecule is CCCNCc1cnn(-c2ccccc2OC)c1C. The Morgan fingerprint density at radius 3 is 2.84 bits per heavy atom. The second-order valence-corrected chi connectivity index (χ2v) is 4.52. The molecule has 0 bridgehead atoms. The number of benzene rings is 1. The standard InChI is InChI=1S/C15H21N3O/c1-4-9-16-10-13-11-17-18(12(13)2)14-7-5-6-8-15(14)19-3/h5-8,11,16H,4,9-10H2,1-3H3. The first-order valence-electron chi connectivity index (χ1n) is 6.65. The Morgan fingerprint density at radius 1 is 1.32 bits per heavy atom. The van der Waals surface area contributed by atoms with Gasteiger partial charge in [-0.25, -0.2) is 4.68 Å². The van der Waals surface area contributed by atoms with Gasteiger partial charge in [0, 0.05) is 17.8 Å². The molecular formula is C15H21N3O. The van der Waals surface area contributed by atoms with Crippen LogP contribution in [0.2, 0.25) is 0 Å². The number of aromatic nitrogens is 2. The lowest BCUT2D eigenvalue weighted by atomic mass is 10.2. The van der Waals surface area contributed by atoms with E-state index in [2.05, 4.69) is 24.3 Å². The predicted molar refractivity (Wildman–Crippen MR) is 76.9 cm³/mol. The third-order valence-electron chi connectivity index (χ3n) is 3.17. The summed E-state index contributed by atoms with van der Waals surface area (Å²) in [4.78, 5) is 0. The second kappa shape index (κ2) is 6.38. The molecule has 0 spiro atoms. The van der Waals surface area contributed by atoms with Crippen molar-refractivity contribution in [1.82, 2.24) is 15.1 Å². The highest BCUT2D eigenvalue weighted by Crippen LogP contribution is 2.23. The van der Waals surface area contributed by atoms with Gasteiger partial charge in [0.15, 0.2) is 0 Å². The minimum Gasteiger partial charge on any atom is -0.494 e. The first kappa shape index (κ1) is 13.6. The van der Waals surface area contributed by atoms with Crippen LogP contribution in [0.4, 0.5) is 0 Å². The molecule has 0 aliphatic heterocycles. The topological polar surface area (TPSA) is 39.1 Å². The van der Waals surface area contributed by atoms with Crippen molar-refractivity contribution in [3.05, 3.63) is 41.7 Å². The van der Waals surface area contributed by atoms with Crippen LogP contribution in [0.5, 0.6) is 5.75 Å². The number of para-hydroxylation sites is 2. The van der Waals surface area contributed by atoms with Gasteiger partial charge >= 0.3 is 0 Å². The van der Waals surface area contributed by atoms with Gasteiger partial charge < -0.3 is 10.1 Å². The maximum Gasteiger partial charge on any atom is 0.144 e. The van der Waals surface area contributed by atoms with Gasteiger partial charge in [-0.1, -0.05) is 19.1 Å². The molecule has 0 saturated carbocycles. The number of rotatable bonds is 6. The van der Waals surface area contributed by atoms with Gasteiger partial charge in [-0.3, -0.25) is 0 Å². The van der Waals surface area contributed by atoms with Gasteiger partial charge in [0.1, 0.15) is 11.4 Å². The van der Waals surface area contributed by atoms with E-state index in [1.54, 1.807) is 7.11 Å². The molecule has 1 aromatic carbocycles. The van der Waals surface area contributed by atoms with Gasteiger partial charge in [-0.2, -0.15) is 5.10 Å². The zero-order valence-electron chi connectivity index (χ0n) is 11.8. The van der Waals surface area contributed by atoms with Crippen molar-refractivity contribution < 1.29 is 4.74 Å². The van der Waals surface area contributed by atoms with E-state index in [4.69, 9.17) is 4.74 Å². The van der Waals surface area contributed by atoms with E-state index in [-0.39, 0.29) is 0 Å². The molecule has 0 amide bonds. The van der Waals surface area contributed by atoms with Crippen molar-refractivity contribution in [3.63, 3.8) is 0 Å². The molecule has 1 aromatic heterocycles. The molecule has 0 aliphatic carbocycles. The van der Waals surface area contributed by atoms with Crippen LogP contribution in [0.15, 0.2) is 30.5 Å². The Labute approximate surface area is 114 Å². The molecule has 4 nitrogen and oxygen atoms in total. The fraction of sp³-hybridized carbons (Fsp3) is 0.400. The molecule has 4 heteroatoms. The van der Waals surface area contributed by atoms with Gasteiger partial charge in [-0.15, -0.1) is 0 Å². The van der Waals surface area contributed by atoms with E-state index >= 15 is 0 Å². The monoisotopic (exact) mass is 259 g/mol. The predicted octanol–water partition coefficient (Wildman–Crippen LogP) is 2.69. The number of ether oxygens (including phenoxy) is 1. The molecule has 2 aromatic rings. The van der Waals surface area contributed by atoms with Gasteiger partial charge in [-0.05, 0) is 32.0 Å². The van der Waals surface area contributed by atoms with Crippen molar-refractivity contribution in [2.45, 2.75) is 26.8 Å². The molecule has 102 valence electrons. The van der Waals surface area contributed by atoms with E-state index in [1.807, 2.05) is 35.1 Å². The molecule has 0 atom stereocenters. The number of hydrogen-bond donors (Lipinski definition) is 1. The first-order valence-corrected chi connectivity index (χ1v) is 6.65. The average Bonchev–Trinajstić information content (AvgIpc) is 2.80. The quantitative estimate of drug-likeness (QED) is 0.811. The lowest BCUT2D eigenvalue weighted by Gasteiger charge is -2.10. The Bertz CT molecular complexity index is 534. The van der Waals surface area contributed by atoms with Gasteiger partial charge in [0.05, 0.1) is 13.3 Å². The molecule has 0 unspecified atom stereocenters. The summed E-state index contributed by atoms with van der Waals surface area (Å²) in [5.41, 5.74) is 3.34. The maximum absolute atomic E-state index is 5.39. The normalized spacial score (nSPS) is 10.7. The van der Waals surface area contributed by atoms with Crippen LogP contribution in [0.25, 0.3) is 5.69 Å². The van der Waals surface area contributed by atoms with E-state index in [0.29, 0.717) is 0 Å². The van der Waals surface area contributed by atoms with E-state index in [1.165, 1.54) is 5.56 Å². The average molecular weight is 259 g/mol. The first-order chi connectivity index (χ1) is 9.27. The van der Waals surface area contributed by atoms with E-state index in [9.17, 15) is 0 Å². The molecule has 1 heterocycles. The zero-order chi connectivity index (χ0) is 13.7. The summed E-state index contributed by atoms with van der Waals surface area (Å²) in [6.07, 6.45) is 3.06. The van der Waals surface area contributed by atoms with Gasteiger partial charge in [0.2, 0.25) is 0 Å². The minimum absolute atomic E-state index is 0.835. The van der Waals surface area contributed by atoms with Crippen LogP contribution >= 0.6 is 0 Å². The Hall–Kier alpha value is -1.81. The lowest BCUT2D eigenvalue weighted by molar-refractivity contribution is 0.411. The van der Waals surface area contributed by atoms with Crippen molar-refractivity contribution in [2.24, 2.45) is 0 Å². The van der Waals surface area contributed by atoms with Crippen LogP contribution in [0.3, 0.4) is 0 Å². The highest BCUT2D eigenvalue weighted by molar-refractivity contribution is 5.47. The Balaban J connectivity index is 2.26. The Kier molecular flexibility index (Phi) is 4.58. The summed E-state index contributed by atoms with van der Waals surface area (Å²) in [7, 11) is 1.68. The highest BCUT2D eigenvalue weighted by Gasteiger charge is 2.11. The van der Waals surface area contributed by atoms with Crippen molar-refractivity contribution >= 4 is 0 Å². The summed E-state index contributed by atoms with van der Waals surface area (Å²) in [5.74, 6) is 0.835. The van der Waals surface area contributed by atoms with Gasteiger partial charge in [0.25, 0.3) is 0 Å². The fourth-order valence-corrected chi connectivity index (χ4v) is 2.06. The molecule has 1 N–H and O–H groups in total. The van der Waals surface area contributed by atoms with Crippen molar-refractivity contribution in [3.8, 4) is 11.4 Å². The van der Waals surface area contributed by atoms with Crippen LogP contribution in [0, 0.1) is 6.92 Å². The Morgan fingerprint density at radius 2 is 2.11 bits per heavy atom. The summed E-state index contributed by atoms with van der Waals surface area (Å²) < 4.78 is 7.32. The molecule has 0 saturated heterocycles. The molecular weight excluding hydrogens is 238 g/mol. The maximum atomic E-state index is 5.39. The van der Waals surface area contributed by atoms with Crippen LogP contribution in [-0.2, 0) is 6.54 Å². The molecule has 19 heavy (non-hydrogen) atoms. The third kappa shape index (κ3) is 2.96. The summed E-state index contributed by atoms with van der Waals surface area (Å²) in [6.45, 7) is 6.13. The van der Waals surface area contributed by atoms with E-state index in [0.717, 1.165) is 36.6 Å². The van der Waals surface area contributed by atoms with Crippen LogP contribution < -0.4 is 10.1 Å². The van der Waals surface area contributed by atoms with Crippen molar-refractivity contribution in [1.29, 1.82) is 0 Å². The smallest absolute Gasteiger partial charge is 0.144 e. The number of methoxy groups -OCH3 is 1. The van der Waals surface area contributed by atoms with Crippen LogP contribution in [-0.4, -0.2) is 23.4 Å². The molecule has 0 aliphatic rings. The summed E-state index contributed by atoms with van der Waals surface area (Å²) in [6, 6.07) is 7.92. The third-order valence-corrected chi connectivity index (χ3v) is 3.17. The second-order valence-electron chi connectivity index (χ2n) is 4.52. The minimum atomic E-state index is 0.835. The number of hydrogen-bond acceptors (Lipinski definition) is 3.